The third-order valence-corrected chi connectivity index (χ3v) is 3.36. The van der Waals surface area contributed by atoms with Crippen LogP contribution < -0.4 is 0 Å². The van der Waals surface area contributed by atoms with E-state index in [0.717, 1.165) is 18.9 Å². The van der Waals surface area contributed by atoms with E-state index in [1.807, 2.05) is 0 Å². The SMILES string of the molecule is CCCCCCCCCCCC1=NC[C@@H](C)O1. The summed E-state index contributed by atoms with van der Waals surface area (Å²) in [4.78, 5) is 4.38. The van der Waals surface area contributed by atoms with Crippen LogP contribution in [0.15, 0.2) is 4.99 Å². The molecule has 1 heterocycles. The zero-order valence-electron chi connectivity index (χ0n) is 11.7. The molecule has 0 aromatic carbocycles. The van der Waals surface area contributed by atoms with Crippen LogP contribution in [0.2, 0.25) is 0 Å². The van der Waals surface area contributed by atoms with E-state index in [9.17, 15) is 0 Å². The molecule has 0 unspecified atom stereocenters. The van der Waals surface area contributed by atoms with Crippen molar-refractivity contribution < 1.29 is 4.74 Å². The van der Waals surface area contributed by atoms with E-state index in [0.29, 0.717) is 6.10 Å². The highest BCUT2D eigenvalue weighted by molar-refractivity contribution is 5.77. The molecule has 100 valence electrons. The van der Waals surface area contributed by atoms with Crippen LogP contribution in [0.3, 0.4) is 0 Å². The van der Waals surface area contributed by atoms with Gasteiger partial charge in [-0.05, 0) is 13.3 Å². The van der Waals surface area contributed by atoms with Crippen LogP contribution in [0.1, 0.15) is 78.1 Å². The van der Waals surface area contributed by atoms with Crippen molar-refractivity contribution >= 4 is 5.90 Å². The van der Waals surface area contributed by atoms with E-state index in [1.54, 1.807) is 0 Å². The highest BCUT2D eigenvalue weighted by Crippen LogP contribution is 2.13. The lowest BCUT2D eigenvalue weighted by molar-refractivity contribution is 0.238. The molecule has 0 amide bonds. The Kier molecular flexibility index (Phi) is 8.12. The lowest BCUT2D eigenvalue weighted by atomic mass is 10.1. The van der Waals surface area contributed by atoms with Crippen molar-refractivity contribution in [3.05, 3.63) is 0 Å². The summed E-state index contributed by atoms with van der Waals surface area (Å²) in [6, 6.07) is 0. The van der Waals surface area contributed by atoms with Crippen LogP contribution >= 0.6 is 0 Å². The second-order valence-corrected chi connectivity index (χ2v) is 5.24. The van der Waals surface area contributed by atoms with E-state index >= 15 is 0 Å². The molecule has 1 aliphatic rings. The first-order valence-electron chi connectivity index (χ1n) is 7.53. The first kappa shape index (κ1) is 14.5. The van der Waals surface area contributed by atoms with E-state index in [-0.39, 0.29) is 0 Å². The molecule has 0 radical (unpaired) electrons. The number of rotatable bonds is 10. The highest BCUT2D eigenvalue weighted by Gasteiger charge is 2.13. The molecule has 0 saturated carbocycles. The van der Waals surface area contributed by atoms with Gasteiger partial charge in [-0.15, -0.1) is 0 Å². The van der Waals surface area contributed by atoms with Gasteiger partial charge in [0, 0.05) is 6.42 Å². The molecular formula is C15H29NO. The smallest absolute Gasteiger partial charge is 0.183 e. The number of aliphatic imine (C=N–C) groups is 1. The molecule has 1 aliphatic heterocycles. The quantitative estimate of drug-likeness (QED) is 0.505. The van der Waals surface area contributed by atoms with Crippen molar-refractivity contribution in [3.63, 3.8) is 0 Å². The van der Waals surface area contributed by atoms with Crippen molar-refractivity contribution in [2.45, 2.75) is 84.2 Å². The second kappa shape index (κ2) is 9.49. The van der Waals surface area contributed by atoms with E-state index < -0.39 is 0 Å². The van der Waals surface area contributed by atoms with Gasteiger partial charge in [0.15, 0.2) is 5.90 Å². The molecule has 2 heteroatoms. The predicted octanol–water partition coefficient (Wildman–Crippen LogP) is 4.72. The zero-order chi connectivity index (χ0) is 12.3. The molecule has 17 heavy (non-hydrogen) atoms. The van der Waals surface area contributed by atoms with Gasteiger partial charge >= 0.3 is 0 Å². The fraction of sp³-hybridized carbons (Fsp3) is 0.933. The molecule has 2 nitrogen and oxygen atoms in total. The predicted molar refractivity (Wildman–Crippen MR) is 74.7 cm³/mol. The summed E-state index contributed by atoms with van der Waals surface area (Å²) < 4.78 is 5.58. The Labute approximate surface area is 107 Å². The van der Waals surface area contributed by atoms with Gasteiger partial charge in [-0.2, -0.15) is 0 Å². The van der Waals surface area contributed by atoms with E-state index in [4.69, 9.17) is 4.74 Å². The first-order chi connectivity index (χ1) is 8.33. The summed E-state index contributed by atoms with van der Waals surface area (Å²) in [5.74, 6) is 1.00. The Bertz CT molecular complexity index is 213. The number of unbranched alkanes of at least 4 members (excludes halogenated alkanes) is 8. The largest absolute Gasteiger partial charge is 0.476 e. The summed E-state index contributed by atoms with van der Waals surface area (Å²) in [7, 11) is 0. The Morgan fingerprint density at radius 2 is 1.59 bits per heavy atom. The Morgan fingerprint density at radius 1 is 1.00 bits per heavy atom. The average Bonchev–Trinajstić information content (AvgIpc) is 2.73. The van der Waals surface area contributed by atoms with Gasteiger partial charge in [0.05, 0.1) is 6.54 Å². The molecular weight excluding hydrogens is 210 g/mol. The summed E-state index contributed by atoms with van der Waals surface area (Å²) >= 11 is 0. The van der Waals surface area contributed by atoms with Crippen LogP contribution in [-0.4, -0.2) is 18.5 Å². The van der Waals surface area contributed by atoms with Crippen LogP contribution in [0, 0.1) is 0 Å². The van der Waals surface area contributed by atoms with Gasteiger partial charge in [0.1, 0.15) is 6.10 Å². The van der Waals surface area contributed by atoms with E-state index in [1.165, 1.54) is 57.8 Å². The number of hydrogen-bond acceptors (Lipinski definition) is 2. The molecule has 0 aliphatic carbocycles. The molecule has 0 aromatic rings. The van der Waals surface area contributed by atoms with Crippen LogP contribution in [0.25, 0.3) is 0 Å². The Hall–Kier alpha value is -0.530. The number of nitrogens with zero attached hydrogens (tertiary/aromatic N) is 1. The summed E-state index contributed by atoms with van der Waals surface area (Å²) in [5.41, 5.74) is 0. The molecule has 1 atom stereocenters. The average molecular weight is 239 g/mol. The Morgan fingerprint density at radius 3 is 2.12 bits per heavy atom. The first-order valence-corrected chi connectivity index (χ1v) is 7.53. The third-order valence-electron chi connectivity index (χ3n) is 3.36. The summed E-state index contributed by atoms with van der Waals surface area (Å²) in [6.07, 6.45) is 13.8. The Balaban J connectivity index is 1.79. The van der Waals surface area contributed by atoms with Crippen LogP contribution in [-0.2, 0) is 4.74 Å². The van der Waals surface area contributed by atoms with Crippen LogP contribution in [0.4, 0.5) is 0 Å². The standard InChI is InChI=1S/C15H29NO/c1-3-4-5-6-7-8-9-10-11-12-15-16-13-14(2)17-15/h14H,3-13H2,1-2H3/t14-/m1/s1. The fourth-order valence-electron chi connectivity index (χ4n) is 2.26. The van der Waals surface area contributed by atoms with Crippen molar-refractivity contribution in [3.8, 4) is 0 Å². The number of ether oxygens (including phenoxy) is 1. The molecule has 1 rings (SSSR count). The highest BCUT2D eigenvalue weighted by atomic mass is 16.5. The van der Waals surface area contributed by atoms with Gasteiger partial charge in [0.25, 0.3) is 0 Å². The van der Waals surface area contributed by atoms with Crippen molar-refractivity contribution in [2.24, 2.45) is 4.99 Å². The summed E-state index contributed by atoms with van der Waals surface area (Å²) in [6.45, 7) is 5.23. The van der Waals surface area contributed by atoms with Gasteiger partial charge < -0.3 is 4.74 Å². The maximum absolute atomic E-state index is 5.58. The van der Waals surface area contributed by atoms with Crippen molar-refractivity contribution in [2.75, 3.05) is 6.54 Å². The summed E-state index contributed by atoms with van der Waals surface area (Å²) in [5, 5.41) is 0. The van der Waals surface area contributed by atoms with Gasteiger partial charge in [-0.1, -0.05) is 58.3 Å². The lowest BCUT2D eigenvalue weighted by Crippen LogP contribution is -2.07. The van der Waals surface area contributed by atoms with Crippen molar-refractivity contribution in [1.82, 2.24) is 0 Å². The van der Waals surface area contributed by atoms with Gasteiger partial charge in [-0.25, -0.2) is 0 Å². The van der Waals surface area contributed by atoms with E-state index in [2.05, 4.69) is 18.8 Å². The fourth-order valence-corrected chi connectivity index (χ4v) is 2.26. The maximum Gasteiger partial charge on any atom is 0.183 e. The van der Waals surface area contributed by atoms with Gasteiger partial charge in [0.2, 0.25) is 0 Å². The number of hydrogen-bond donors (Lipinski definition) is 0. The molecule has 0 fully saturated rings. The zero-order valence-corrected chi connectivity index (χ0v) is 11.7. The van der Waals surface area contributed by atoms with Gasteiger partial charge in [-0.3, -0.25) is 4.99 Å². The molecule has 0 spiro atoms. The molecule has 0 N–H and O–H groups in total. The monoisotopic (exact) mass is 239 g/mol. The molecule has 0 saturated heterocycles. The lowest BCUT2D eigenvalue weighted by Gasteiger charge is -2.05. The van der Waals surface area contributed by atoms with Crippen molar-refractivity contribution in [1.29, 1.82) is 0 Å². The minimum absolute atomic E-state index is 0.323. The normalized spacial score (nSPS) is 19.2. The minimum atomic E-state index is 0.323. The topological polar surface area (TPSA) is 21.6 Å². The van der Waals surface area contributed by atoms with Crippen LogP contribution in [0.5, 0.6) is 0 Å². The maximum atomic E-state index is 5.58. The minimum Gasteiger partial charge on any atom is -0.476 e. The second-order valence-electron chi connectivity index (χ2n) is 5.24. The molecule has 0 aromatic heterocycles. The molecule has 0 bridgehead atoms. The third kappa shape index (κ3) is 7.40.